The second kappa shape index (κ2) is 10.5. The Labute approximate surface area is 188 Å². The summed E-state index contributed by atoms with van der Waals surface area (Å²) in [4.78, 5) is 11.7. The van der Waals surface area contributed by atoms with Crippen molar-refractivity contribution >= 4 is 22.6 Å². The molecule has 0 radical (unpaired) electrons. The van der Waals surface area contributed by atoms with Crippen LogP contribution >= 0.6 is 0 Å². The Kier molecular flexibility index (Phi) is 7.67. The number of nitrogens with one attached hydrogen (secondary N) is 1. The topological polar surface area (TPSA) is 82.8 Å². The van der Waals surface area contributed by atoms with Gasteiger partial charge >= 0.3 is 12.1 Å². The molecule has 33 heavy (non-hydrogen) atoms. The number of aryl methyl sites for hydroxylation is 1. The number of ether oxygens (including phenoxy) is 3. The zero-order chi connectivity index (χ0) is 24.0. The average molecular weight is 466 g/mol. The Balaban J connectivity index is 1.62. The van der Waals surface area contributed by atoms with E-state index in [1.165, 1.54) is 26.4 Å². The van der Waals surface area contributed by atoms with Gasteiger partial charge in [-0.05, 0) is 37.1 Å². The number of alkyl halides is 3. The highest BCUT2D eigenvalue weighted by molar-refractivity contribution is 5.93. The summed E-state index contributed by atoms with van der Waals surface area (Å²) in [6, 6.07) is 7.91. The van der Waals surface area contributed by atoms with Crippen molar-refractivity contribution in [2.75, 3.05) is 32.7 Å². The Morgan fingerprint density at radius 2 is 1.94 bits per heavy atom. The normalized spacial score (nSPS) is 11.5. The van der Waals surface area contributed by atoms with E-state index in [9.17, 15) is 18.0 Å². The molecule has 0 saturated carbocycles. The Bertz CT molecular complexity index is 1110. The minimum Gasteiger partial charge on any atom is -0.496 e. The van der Waals surface area contributed by atoms with Crippen molar-refractivity contribution < 1.29 is 36.7 Å². The zero-order valence-corrected chi connectivity index (χ0v) is 18.5. The maximum absolute atomic E-state index is 13.1. The predicted molar refractivity (Wildman–Crippen MR) is 116 cm³/mol. The van der Waals surface area contributed by atoms with Crippen LogP contribution in [0.3, 0.4) is 0 Å². The highest BCUT2D eigenvalue weighted by Crippen LogP contribution is 2.38. The third-order valence-electron chi connectivity index (χ3n) is 4.98. The molecule has 1 heterocycles. The van der Waals surface area contributed by atoms with Crippen molar-refractivity contribution in [1.29, 1.82) is 0 Å². The molecule has 0 saturated heterocycles. The maximum Gasteiger partial charge on any atom is 0.437 e. The van der Waals surface area contributed by atoms with Crippen molar-refractivity contribution in [3.05, 3.63) is 47.2 Å². The predicted octanol–water partition coefficient (Wildman–Crippen LogP) is 5.48. The standard InChI is InChI=1S/C23H25F3N2O5/c1-4-6-15-18(10-9-17-20(15)33-28-21(17)23(24,25)26)32-12-5-11-27-14-7-8-16(22(29)31-3)19(13-14)30-2/h7-10,13,27H,4-6,11-12H2,1-3H3. The summed E-state index contributed by atoms with van der Waals surface area (Å²) < 4.78 is 60.2. The van der Waals surface area contributed by atoms with Crippen molar-refractivity contribution in [3.8, 4) is 11.5 Å². The Morgan fingerprint density at radius 1 is 1.15 bits per heavy atom. The smallest absolute Gasteiger partial charge is 0.437 e. The first-order valence-corrected chi connectivity index (χ1v) is 10.4. The number of aromatic nitrogens is 1. The second-order valence-corrected chi connectivity index (χ2v) is 7.23. The highest BCUT2D eigenvalue weighted by Gasteiger charge is 2.37. The molecular formula is C23H25F3N2O5. The van der Waals surface area contributed by atoms with Gasteiger partial charge in [-0.1, -0.05) is 18.5 Å². The number of hydrogen-bond donors (Lipinski definition) is 1. The van der Waals surface area contributed by atoms with Crippen LogP contribution in [0, 0.1) is 0 Å². The largest absolute Gasteiger partial charge is 0.496 e. The van der Waals surface area contributed by atoms with E-state index in [0.717, 1.165) is 5.69 Å². The molecule has 0 aliphatic carbocycles. The molecule has 0 bridgehead atoms. The van der Waals surface area contributed by atoms with Crippen LogP contribution in [0.25, 0.3) is 11.0 Å². The SMILES string of the molecule is CCCc1c(OCCCNc2ccc(C(=O)OC)c(OC)c2)ccc2c(C(F)(F)F)noc12. The fourth-order valence-corrected chi connectivity index (χ4v) is 3.43. The number of esters is 1. The second-order valence-electron chi connectivity index (χ2n) is 7.23. The average Bonchev–Trinajstić information content (AvgIpc) is 3.24. The maximum atomic E-state index is 13.1. The van der Waals surface area contributed by atoms with Gasteiger partial charge in [0.15, 0.2) is 11.3 Å². The number of nitrogens with zero attached hydrogens (tertiary/aromatic N) is 1. The van der Waals surface area contributed by atoms with Crippen molar-refractivity contribution in [3.63, 3.8) is 0 Å². The lowest BCUT2D eigenvalue weighted by atomic mass is 10.0. The summed E-state index contributed by atoms with van der Waals surface area (Å²) in [5.41, 5.74) is 0.744. The van der Waals surface area contributed by atoms with Crippen LogP contribution in [0.2, 0.25) is 0 Å². The molecule has 178 valence electrons. The molecular weight excluding hydrogens is 441 g/mol. The van der Waals surface area contributed by atoms with Crippen molar-refractivity contribution in [2.45, 2.75) is 32.4 Å². The van der Waals surface area contributed by atoms with E-state index in [2.05, 4.69) is 10.5 Å². The number of anilines is 1. The summed E-state index contributed by atoms with van der Waals surface area (Å²) in [6.07, 6.45) is -2.75. The fourth-order valence-electron chi connectivity index (χ4n) is 3.43. The summed E-state index contributed by atoms with van der Waals surface area (Å²) >= 11 is 0. The number of methoxy groups -OCH3 is 2. The number of carbonyl (C=O) groups is 1. The van der Waals surface area contributed by atoms with Crippen LogP contribution < -0.4 is 14.8 Å². The molecule has 3 aromatic rings. The van der Waals surface area contributed by atoms with Crippen LogP contribution in [0.1, 0.15) is 41.4 Å². The quantitative estimate of drug-likeness (QED) is 0.313. The van der Waals surface area contributed by atoms with E-state index in [1.54, 1.807) is 18.2 Å². The number of carbonyl (C=O) groups excluding carboxylic acids is 1. The molecule has 10 heteroatoms. The number of benzene rings is 2. The summed E-state index contributed by atoms with van der Waals surface area (Å²) in [7, 11) is 2.77. The number of hydrogen-bond acceptors (Lipinski definition) is 7. The molecule has 0 fully saturated rings. The lowest BCUT2D eigenvalue weighted by Gasteiger charge is -2.13. The van der Waals surface area contributed by atoms with Gasteiger partial charge in [-0.25, -0.2) is 4.79 Å². The van der Waals surface area contributed by atoms with Crippen LogP contribution in [0.15, 0.2) is 34.9 Å². The third kappa shape index (κ3) is 5.50. The van der Waals surface area contributed by atoms with Gasteiger partial charge in [0.25, 0.3) is 0 Å². The zero-order valence-electron chi connectivity index (χ0n) is 18.5. The first-order chi connectivity index (χ1) is 15.8. The molecule has 0 atom stereocenters. The van der Waals surface area contributed by atoms with Gasteiger partial charge in [-0.15, -0.1) is 0 Å². The van der Waals surface area contributed by atoms with Gasteiger partial charge < -0.3 is 24.1 Å². The minimum absolute atomic E-state index is 0.0654. The molecule has 2 aromatic carbocycles. The first kappa shape index (κ1) is 24.2. The van der Waals surface area contributed by atoms with Crippen LogP contribution in [-0.4, -0.2) is 38.5 Å². The Morgan fingerprint density at radius 3 is 2.61 bits per heavy atom. The minimum atomic E-state index is -4.58. The Hall–Kier alpha value is -3.43. The van der Waals surface area contributed by atoms with Gasteiger partial charge in [0.2, 0.25) is 0 Å². The van der Waals surface area contributed by atoms with E-state index >= 15 is 0 Å². The van der Waals surface area contributed by atoms with Gasteiger partial charge in [-0.3, -0.25) is 0 Å². The van der Waals surface area contributed by atoms with Gasteiger partial charge in [-0.2, -0.15) is 13.2 Å². The molecule has 7 nitrogen and oxygen atoms in total. The molecule has 0 amide bonds. The van der Waals surface area contributed by atoms with Gasteiger partial charge in [0.05, 0.1) is 26.2 Å². The van der Waals surface area contributed by atoms with Crippen LogP contribution in [0.4, 0.5) is 18.9 Å². The van der Waals surface area contributed by atoms with E-state index in [4.69, 9.17) is 18.7 Å². The van der Waals surface area contributed by atoms with Crippen molar-refractivity contribution in [1.82, 2.24) is 5.16 Å². The number of fused-ring (bicyclic) bond motifs is 1. The summed E-state index contributed by atoms with van der Waals surface area (Å²) in [5, 5.41) is 6.37. The molecule has 0 aliphatic heterocycles. The fraction of sp³-hybridized carbons (Fsp3) is 0.391. The van der Waals surface area contributed by atoms with Crippen LogP contribution in [0.5, 0.6) is 11.5 Å². The lowest BCUT2D eigenvalue weighted by Crippen LogP contribution is -2.09. The van der Waals surface area contributed by atoms with E-state index < -0.39 is 17.8 Å². The monoisotopic (exact) mass is 466 g/mol. The molecule has 1 aromatic heterocycles. The van der Waals surface area contributed by atoms with E-state index in [0.29, 0.717) is 55.0 Å². The van der Waals surface area contributed by atoms with Gasteiger partial charge in [0, 0.05) is 23.9 Å². The summed E-state index contributed by atoms with van der Waals surface area (Å²) in [6.45, 7) is 2.83. The first-order valence-electron chi connectivity index (χ1n) is 10.4. The van der Waals surface area contributed by atoms with Gasteiger partial charge in [0.1, 0.15) is 17.1 Å². The van der Waals surface area contributed by atoms with Crippen LogP contribution in [-0.2, 0) is 17.3 Å². The third-order valence-corrected chi connectivity index (χ3v) is 4.98. The lowest BCUT2D eigenvalue weighted by molar-refractivity contribution is -0.141. The molecule has 1 N–H and O–H groups in total. The van der Waals surface area contributed by atoms with Crippen molar-refractivity contribution in [2.24, 2.45) is 0 Å². The molecule has 0 aliphatic rings. The molecule has 0 spiro atoms. The molecule has 0 unspecified atom stereocenters. The number of rotatable bonds is 10. The highest BCUT2D eigenvalue weighted by atomic mass is 19.4. The summed E-state index contributed by atoms with van der Waals surface area (Å²) in [5.74, 6) is 0.394. The number of halogens is 3. The van der Waals surface area contributed by atoms with E-state index in [-0.39, 0.29) is 11.0 Å². The molecule has 3 rings (SSSR count). The van der Waals surface area contributed by atoms with E-state index in [1.807, 2.05) is 6.92 Å².